The maximum Gasteiger partial charge on any atom is 0.123 e. The van der Waals surface area contributed by atoms with Crippen molar-refractivity contribution in [2.45, 2.75) is 13.0 Å². The van der Waals surface area contributed by atoms with Crippen molar-refractivity contribution in [3.63, 3.8) is 0 Å². The van der Waals surface area contributed by atoms with E-state index in [1.165, 1.54) is 17.7 Å². The van der Waals surface area contributed by atoms with Gasteiger partial charge in [0.2, 0.25) is 0 Å². The molecule has 2 aromatic rings. The van der Waals surface area contributed by atoms with Gasteiger partial charge in [-0.25, -0.2) is 9.37 Å². The average molecular weight is 271 g/mol. The molecule has 0 saturated heterocycles. The van der Waals surface area contributed by atoms with Gasteiger partial charge in [0.25, 0.3) is 0 Å². The molecule has 1 aliphatic rings. The highest BCUT2D eigenvalue weighted by molar-refractivity contribution is 5.66. The van der Waals surface area contributed by atoms with Gasteiger partial charge in [0.1, 0.15) is 11.6 Å². The van der Waals surface area contributed by atoms with Crippen LogP contribution in [0.15, 0.2) is 42.7 Å². The Hall–Kier alpha value is -1.94. The first-order chi connectivity index (χ1) is 9.72. The molecule has 0 fully saturated rings. The molecule has 0 unspecified atom stereocenters. The number of aryl methyl sites for hydroxylation is 1. The van der Waals surface area contributed by atoms with Gasteiger partial charge in [-0.2, -0.15) is 0 Å². The van der Waals surface area contributed by atoms with Crippen LogP contribution in [-0.2, 0) is 13.6 Å². The van der Waals surface area contributed by atoms with Crippen LogP contribution in [0.2, 0.25) is 0 Å². The second-order valence-corrected chi connectivity index (χ2v) is 5.18. The first-order valence-corrected chi connectivity index (χ1v) is 6.86. The summed E-state index contributed by atoms with van der Waals surface area (Å²) in [5, 5.41) is 0. The molecule has 3 rings (SSSR count). The summed E-state index contributed by atoms with van der Waals surface area (Å²) in [6, 6.07) is 6.76. The zero-order valence-electron chi connectivity index (χ0n) is 11.6. The summed E-state index contributed by atoms with van der Waals surface area (Å²) in [7, 11) is 2.02. The zero-order chi connectivity index (χ0) is 13.9. The molecule has 0 amide bonds. The minimum absolute atomic E-state index is 0.179. The maximum atomic E-state index is 12.9. The second-order valence-electron chi connectivity index (χ2n) is 5.18. The number of hydrogen-bond donors (Lipinski definition) is 0. The van der Waals surface area contributed by atoms with E-state index in [1.807, 2.05) is 31.6 Å². The summed E-state index contributed by atoms with van der Waals surface area (Å²) >= 11 is 0. The highest BCUT2D eigenvalue weighted by Crippen LogP contribution is 2.23. The Kier molecular flexibility index (Phi) is 3.65. The Bertz CT molecular complexity index is 613. The molecular weight excluding hydrogens is 253 g/mol. The van der Waals surface area contributed by atoms with E-state index in [0.717, 1.165) is 37.4 Å². The summed E-state index contributed by atoms with van der Waals surface area (Å²) < 4.78 is 15.0. The Morgan fingerprint density at radius 3 is 2.65 bits per heavy atom. The first kappa shape index (κ1) is 13.1. The van der Waals surface area contributed by atoms with Crippen molar-refractivity contribution >= 4 is 5.57 Å². The number of halogens is 1. The highest BCUT2D eigenvalue weighted by Gasteiger charge is 2.14. The normalized spacial score (nSPS) is 16.2. The van der Waals surface area contributed by atoms with Crippen molar-refractivity contribution in [2.75, 3.05) is 13.1 Å². The van der Waals surface area contributed by atoms with E-state index >= 15 is 0 Å². The largest absolute Gasteiger partial charge is 0.337 e. The van der Waals surface area contributed by atoms with Gasteiger partial charge < -0.3 is 4.57 Å². The molecule has 104 valence electrons. The van der Waals surface area contributed by atoms with Gasteiger partial charge in [-0.3, -0.25) is 4.90 Å². The Morgan fingerprint density at radius 1 is 1.25 bits per heavy atom. The smallest absolute Gasteiger partial charge is 0.123 e. The number of imidazole rings is 1. The summed E-state index contributed by atoms with van der Waals surface area (Å²) in [6.45, 7) is 2.80. The van der Waals surface area contributed by atoms with E-state index in [2.05, 4.69) is 20.5 Å². The quantitative estimate of drug-likeness (QED) is 0.856. The van der Waals surface area contributed by atoms with Crippen LogP contribution >= 0.6 is 0 Å². The molecule has 0 bridgehead atoms. The fourth-order valence-electron chi connectivity index (χ4n) is 2.53. The van der Waals surface area contributed by atoms with Crippen molar-refractivity contribution in [2.24, 2.45) is 7.05 Å². The van der Waals surface area contributed by atoms with E-state index in [4.69, 9.17) is 0 Å². The van der Waals surface area contributed by atoms with Crippen LogP contribution in [0.5, 0.6) is 0 Å². The Balaban J connectivity index is 1.66. The van der Waals surface area contributed by atoms with E-state index in [0.29, 0.717) is 0 Å². The number of aromatic nitrogens is 2. The van der Waals surface area contributed by atoms with Crippen molar-refractivity contribution in [1.82, 2.24) is 14.5 Å². The van der Waals surface area contributed by atoms with Gasteiger partial charge in [-0.15, -0.1) is 0 Å². The molecule has 0 aliphatic carbocycles. The minimum Gasteiger partial charge on any atom is -0.337 e. The lowest BCUT2D eigenvalue weighted by Crippen LogP contribution is -2.29. The number of benzene rings is 1. The molecule has 20 heavy (non-hydrogen) atoms. The van der Waals surface area contributed by atoms with Crippen molar-refractivity contribution in [3.05, 3.63) is 59.9 Å². The van der Waals surface area contributed by atoms with Crippen LogP contribution in [0.25, 0.3) is 5.57 Å². The molecule has 0 radical (unpaired) electrons. The predicted molar refractivity (Wildman–Crippen MR) is 77.5 cm³/mol. The molecule has 2 heterocycles. The molecule has 0 saturated carbocycles. The van der Waals surface area contributed by atoms with Crippen LogP contribution in [0.1, 0.15) is 17.8 Å². The molecule has 0 spiro atoms. The van der Waals surface area contributed by atoms with Gasteiger partial charge in [0.15, 0.2) is 0 Å². The van der Waals surface area contributed by atoms with Crippen molar-refractivity contribution in [3.8, 4) is 0 Å². The SMILES string of the molecule is Cn1ccnc1CN1CC=C(c2ccc(F)cc2)CC1. The fraction of sp³-hybridized carbons (Fsp3) is 0.312. The highest BCUT2D eigenvalue weighted by atomic mass is 19.1. The maximum absolute atomic E-state index is 12.9. The van der Waals surface area contributed by atoms with Crippen LogP contribution in [0.3, 0.4) is 0 Å². The molecule has 4 heteroatoms. The third-order valence-corrected chi connectivity index (χ3v) is 3.79. The van der Waals surface area contributed by atoms with Crippen LogP contribution in [0, 0.1) is 5.82 Å². The van der Waals surface area contributed by atoms with E-state index in [1.54, 1.807) is 0 Å². The molecular formula is C16H18FN3. The van der Waals surface area contributed by atoms with Gasteiger partial charge >= 0.3 is 0 Å². The zero-order valence-corrected chi connectivity index (χ0v) is 11.6. The lowest BCUT2D eigenvalue weighted by Gasteiger charge is -2.26. The second kappa shape index (κ2) is 5.59. The van der Waals surface area contributed by atoms with E-state index < -0.39 is 0 Å². The van der Waals surface area contributed by atoms with Crippen molar-refractivity contribution in [1.29, 1.82) is 0 Å². The molecule has 1 aromatic heterocycles. The monoisotopic (exact) mass is 271 g/mol. The number of nitrogens with zero attached hydrogens (tertiary/aromatic N) is 3. The summed E-state index contributed by atoms with van der Waals surface area (Å²) in [4.78, 5) is 6.73. The van der Waals surface area contributed by atoms with Crippen molar-refractivity contribution < 1.29 is 4.39 Å². The van der Waals surface area contributed by atoms with Gasteiger partial charge in [0.05, 0.1) is 6.54 Å². The standard InChI is InChI=1S/C16H18FN3/c1-19-11-8-18-16(19)12-20-9-6-14(7-10-20)13-2-4-15(17)5-3-13/h2-6,8,11H,7,9-10,12H2,1H3. The fourth-order valence-corrected chi connectivity index (χ4v) is 2.53. The lowest BCUT2D eigenvalue weighted by molar-refractivity contribution is 0.283. The van der Waals surface area contributed by atoms with E-state index in [9.17, 15) is 4.39 Å². The first-order valence-electron chi connectivity index (χ1n) is 6.86. The van der Waals surface area contributed by atoms with Crippen LogP contribution in [-0.4, -0.2) is 27.5 Å². The summed E-state index contributed by atoms with van der Waals surface area (Å²) in [5.41, 5.74) is 2.43. The molecule has 1 aliphatic heterocycles. The topological polar surface area (TPSA) is 21.1 Å². The Labute approximate surface area is 118 Å². The third kappa shape index (κ3) is 2.80. The lowest BCUT2D eigenvalue weighted by atomic mass is 9.99. The molecule has 0 atom stereocenters. The van der Waals surface area contributed by atoms with Gasteiger partial charge in [-0.1, -0.05) is 18.2 Å². The molecule has 0 N–H and O–H groups in total. The number of rotatable bonds is 3. The molecule has 1 aromatic carbocycles. The predicted octanol–water partition coefficient (Wildman–Crippen LogP) is 2.85. The minimum atomic E-state index is -0.179. The number of hydrogen-bond acceptors (Lipinski definition) is 2. The summed E-state index contributed by atoms with van der Waals surface area (Å²) in [6.07, 6.45) is 7.04. The van der Waals surface area contributed by atoms with Gasteiger partial charge in [0, 0.05) is 32.5 Å². The third-order valence-electron chi connectivity index (χ3n) is 3.79. The van der Waals surface area contributed by atoms with Crippen LogP contribution in [0.4, 0.5) is 4.39 Å². The average Bonchev–Trinajstić information content (AvgIpc) is 2.86. The summed E-state index contributed by atoms with van der Waals surface area (Å²) in [5.74, 6) is 0.908. The van der Waals surface area contributed by atoms with E-state index in [-0.39, 0.29) is 5.82 Å². The molecule has 3 nitrogen and oxygen atoms in total. The Morgan fingerprint density at radius 2 is 2.05 bits per heavy atom. The van der Waals surface area contributed by atoms with Gasteiger partial charge in [-0.05, 0) is 29.7 Å². The van der Waals surface area contributed by atoms with Crippen LogP contribution < -0.4 is 0 Å².